The average molecular weight is 331 g/mol. The Balaban J connectivity index is 0.00000220. The van der Waals surface area contributed by atoms with Crippen molar-refractivity contribution in [2.24, 2.45) is 5.92 Å². The van der Waals surface area contributed by atoms with Crippen LogP contribution in [0.4, 0.5) is 0 Å². The van der Waals surface area contributed by atoms with E-state index in [0.29, 0.717) is 0 Å². The molecule has 0 aromatic heterocycles. The number of thioether (sulfide) groups is 1. The van der Waals surface area contributed by atoms with Crippen LogP contribution in [0, 0.1) is 5.92 Å². The third-order valence-corrected chi connectivity index (χ3v) is 4.71. The Bertz CT molecular complexity index is 425. The van der Waals surface area contributed by atoms with Crippen molar-refractivity contribution in [3.8, 4) is 5.75 Å². The van der Waals surface area contributed by atoms with E-state index in [1.54, 1.807) is 18.9 Å². The molecule has 0 spiro atoms. The predicted molar refractivity (Wildman–Crippen MR) is 94.0 cm³/mol. The van der Waals surface area contributed by atoms with Crippen molar-refractivity contribution in [3.63, 3.8) is 0 Å². The van der Waals surface area contributed by atoms with E-state index < -0.39 is 0 Å². The van der Waals surface area contributed by atoms with E-state index in [1.807, 2.05) is 0 Å². The van der Waals surface area contributed by atoms with Crippen LogP contribution in [0.3, 0.4) is 0 Å². The van der Waals surface area contributed by atoms with Crippen LogP contribution in [0.2, 0.25) is 0 Å². The minimum absolute atomic E-state index is 0. The number of nitrogens with zero attached hydrogens (tertiary/aromatic N) is 1. The first-order valence-corrected chi connectivity index (χ1v) is 8.55. The molecule has 1 aliphatic rings. The van der Waals surface area contributed by atoms with E-state index in [1.165, 1.54) is 42.9 Å². The van der Waals surface area contributed by atoms with Gasteiger partial charge in [-0.3, -0.25) is 0 Å². The van der Waals surface area contributed by atoms with Gasteiger partial charge in [0.15, 0.2) is 0 Å². The number of hydrogen-bond donors (Lipinski definition) is 1. The van der Waals surface area contributed by atoms with Crippen LogP contribution in [-0.2, 0) is 6.54 Å². The van der Waals surface area contributed by atoms with Crippen LogP contribution in [0.15, 0.2) is 23.1 Å². The Morgan fingerprint density at radius 2 is 2.05 bits per heavy atom. The standard InChI is InChI=1S/C16H26N2OS.ClH/c1-18(11-13-6-8-17-9-7-13)12-14-4-5-16(20-3)15(10-14)19-2;/h4-5,10,13,17H,6-9,11-12H2,1-3H3;1H. The predicted octanol–water partition coefficient (Wildman–Crippen LogP) is 3.27. The SMILES string of the molecule is COc1cc(CN(C)CC2CCNCC2)ccc1SC.Cl. The number of halogens is 1. The molecule has 2 rings (SSSR count). The van der Waals surface area contributed by atoms with Gasteiger partial charge >= 0.3 is 0 Å². The van der Waals surface area contributed by atoms with E-state index in [0.717, 1.165) is 18.2 Å². The second-order valence-corrected chi connectivity index (χ2v) is 6.43. The lowest BCUT2D eigenvalue weighted by Gasteiger charge is -2.27. The molecule has 1 N–H and O–H groups in total. The molecule has 21 heavy (non-hydrogen) atoms. The van der Waals surface area contributed by atoms with E-state index in [4.69, 9.17) is 4.74 Å². The Morgan fingerprint density at radius 1 is 1.33 bits per heavy atom. The molecule has 1 heterocycles. The molecule has 1 aromatic carbocycles. The molecule has 0 atom stereocenters. The lowest BCUT2D eigenvalue weighted by atomic mass is 9.97. The second-order valence-electron chi connectivity index (χ2n) is 5.58. The summed E-state index contributed by atoms with van der Waals surface area (Å²) in [5, 5.41) is 3.43. The molecule has 1 saturated heterocycles. The third-order valence-electron chi connectivity index (χ3n) is 3.93. The van der Waals surface area contributed by atoms with E-state index >= 15 is 0 Å². The van der Waals surface area contributed by atoms with Gasteiger partial charge in [-0.1, -0.05) is 6.07 Å². The maximum atomic E-state index is 5.46. The van der Waals surface area contributed by atoms with Crippen LogP contribution in [-0.4, -0.2) is 44.9 Å². The quantitative estimate of drug-likeness (QED) is 0.809. The number of hydrogen-bond acceptors (Lipinski definition) is 4. The van der Waals surface area contributed by atoms with Crippen LogP contribution in [0.1, 0.15) is 18.4 Å². The molecule has 0 bridgehead atoms. The second kappa shape index (κ2) is 9.57. The minimum Gasteiger partial charge on any atom is -0.496 e. The van der Waals surface area contributed by atoms with E-state index in [2.05, 4.69) is 41.7 Å². The molecule has 0 unspecified atom stereocenters. The Labute approximate surface area is 139 Å². The summed E-state index contributed by atoms with van der Waals surface area (Å²) in [6.07, 6.45) is 4.69. The van der Waals surface area contributed by atoms with Gasteiger partial charge in [-0.15, -0.1) is 24.2 Å². The highest BCUT2D eigenvalue weighted by atomic mass is 35.5. The minimum atomic E-state index is 0. The molecule has 0 aliphatic carbocycles. The van der Waals surface area contributed by atoms with Crippen molar-refractivity contribution < 1.29 is 4.74 Å². The zero-order chi connectivity index (χ0) is 14.4. The van der Waals surface area contributed by atoms with E-state index in [9.17, 15) is 0 Å². The number of ether oxygens (including phenoxy) is 1. The Kier molecular flexibility index (Phi) is 8.49. The lowest BCUT2D eigenvalue weighted by Crippen LogP contribution is -2.34. The Hall–Kier alpha value is -0.420. The van der Waals surface area contributed by atoms with Crippen LogP contribution in [0.5, 0.6) is 5.75 Å². The summed E-state index contributed by atoms with van der Waals surface area (Å²) < 4.78 is 5.46. The van der Waals surface area contributed by atoms with Crippen molar-refractivity contribution in [3.05, 3.63) is 23.8 Å². The summed E-state index contributed by atoms with van der Waals surface area (Å²) in [4.78, 5) is 3.64. The van der Waals surface area contributed by atoms with E-state index in [-0.39, 0.29) is 12.4 Å². The van der Waals surface area contributed by atoms with Crippen molar-refractivity contribution >= 4 is 24.2 Å². The Morgan fingerprint density at radius 3 is 2.67 bits per heavy atom. The first kappa shape index (κ1) is 18.6. The molecule has 120 valence electrons. The van der Waals surface area contributed by atoms with Gasteiger partial charge in [0.25, 0.3) is 0 Å². The highest BCUT2D eigenvalue weighted by Gasteiger charge is 2.15. The summed E-state index contributed by atoms with van der Waals surface area (Å²) in [5.41, 5.74) is 1.33. The maximum Gasteiger partial charge on any atom is 0.132 e. The summed E-state index contributed by atoms with van der Waals surface area (Å²) in [5.74, 6) is 1.83. The smallest absolute Gasteiger partial charge is 0.132 e. The van der Waals surface area contributed by atoms with Crippen molar-refractivity contribution in [1.82, 2.24) is 10.2 Å². The number of rotatable bonds is 6. The molecule has 5 heteroatoms. The van der Waals surface area contributed by atoms with Gasteiger partial charge < -0.3 is 15.0 Å². The maximum absolute atomic E-state index is 5.46. The van der Waals surface area contributed by atoms with Crippen LogP contribution >= 0.6 is 24.2 Å². The number of benzene rings is 1. The zero-order valence-electron chi connectivity index (χ0n) is 13.2. The first-order valence-electron chi connectivity index (χ1n) is 7.33. The van der Waals surface area contributed by atoms with Gasteiger partial charge in [0.1, 0.15) is 5.75 Å². The van der Waals surface area contributed by atoms with Crippen molar-refractivity contribution in [2.45, 2.75) is 24.3 Å². The van der Waals surface area contributed by atoms with Gasteiger partial charge in [-0.25, -0.2) is 0 Å². The molecule has 0 saturated carbocycles. The summed E-state index contributed by atoms with van der Waals surface area (Å²) >= 11 is 1.73. The summed E-state index contributed by atoms with van der Waals surface area (Å²) in [7, 11) is 3.97. The monoisotopic (exact) mass is 330 g/mol. The first-order chi connectivity index (χ1) is 9.72. The topological polar surface area (TPSA) is 24.5 Å². The molecule has 1 fully saturated rings. The summed E-state index contributed by atoms with van der Waals surface area (Å²) in [6.45, 7) is 4.53. The van der Waals surface area contributed by atoms with Crippen molar-refractivity contribution in [1.29, 1.82) is 0 Å². The molecule has 1 aliphatic heterocycles. The number of piperidine rings is 1. The molecule has 3 nitrogen and oxygen atoms in total. The molecule has 0 amide bonds. The van der Waals surface area contributed by atoms with Crippen LogP contribution in [0.25, 0.3) is 0 Å². The fourth-order valence-corrected chi connectivity index (χ4v) is 3.41. The molecular weight excluding hydrogens is 304 g/mol. The fourth-order valence-electron chi connectivity index (χ4n) is 2.86. The highest BCUT2D eigenvalue weighted by molar-refractivity contribution is 7.98. The fraction of sp³-hybridized carbons (Fsp3) is 0.625. The molecular formula is C16H27ClN2OS. The normalized spacial score (nSPS) is 15.8. The number of methoxy groups -OCH3 is 1. The third kappa shape index (κ3) is 5.70. The summed E-state index contributed by atoms with van der Waals surface area (Å²) in [6, 6.07) is 6.55. The van der Waals surface area contributed by atoms with Gasteiger partial charge in [0, 0.05) is 18.0 Å². The average Bonchev–Trinajstić information content (AvgIpc) is 2.48. The molecule has 1 aromatic rings. The number of nitrogens with one attached hydrogen (secondary N) is 1. The van der Waals surface area contributed by atoms with Gasteiger partial charge in [-0.05, 0) is 62.8 Å². The van der Waals surface area contributed by atoms with Crippen LogP contribution < -0.4 is 10.1 Å². The van der Waals surface area contributed by atoms with Gasteiger partial charge in [0.2, 0.25) is 0 Å². The highest BCUT2D eigenvalue weighted by Crippen LogP contribution is 2.28. The van der Waals surface area contributed by atoms with Crippen molar-refractivity contribution in [2.75, 3.05) is 40.0 Å². The zero-order valence-corrected chi connectivity index (χ0v) is 14.9. The van der Waals surface area contributed by atoms with Gasteiger partial charge in [-0.2, -0.15) is 0 Å². The van der Waals surface area contributed by atoms with Gasteiger partial charge in [0.05, 0.1) is 7.11 Å². The molecule has 0 radical (unpaired) electrons. The largest absolute Gasteiger partial charge is 0.496 e. The lowest BCUT2D eigenvalue weighted by molar-refractivity contribution is 0.234.